The third kappa shape index (κ3) is 3.78. The number of carbonyl (C=O) groups is 1. The number of hydrogen-bond donors (Lipinski definition) is 1. The maximum Gasteiger partial charge on any atom is 0.253 e. The standard InChI is InChI=1S/C21H17N5O2/c1-14-7-8-16(13-25-14)28-21-15(4-3-9-24-21)12-26-20(27)17-5-2-6-18-19(17)23-11-10-22-18/h2-11,13H,12H2,1H3,(H,26,27). The van der Waals surface area contributed by atoms with Crippen LogP contribution in [0.25, 0.3) is 11.0 Å². The zero-order valence-corrected chi connectivity index (χ0v) is 15.2. The van der Waals surface area contributed by atoms with E-state index in [4.69, 9.17) is 4.74 Å². The monoisotopic (exact) mass is 371 g/mol. The van der Waals surface area contributed by atoms with E-state index in [0.29, 0.717) is 28.2 Å². The largest absolute Gasteiger partial charge is 0.437 e. The lowest BCUT2D eigenvalue weighted by molar-refractivity contribution is 0.0952. The summed E-state index contributed by atoms with van der Waals surface area (Å²) in [6.07, 6.45) is 6.45. The predicted octanol–water partition coefficient (Wildman–Crippen LogP) is 3.45. The second kappa shape index (κ2) is 7.79. The van der Waals surface area contributed by atoms with Crippen molar-refractivity contribution in [2.75, 3.05) is 0 Å². The molecule has 0 saturated carbocycles. The molecular weight excluding hydrogens is 354 g/mol. The van der Waals surface area contributed by atoms with Crippen LogP contribution in [0.15, 0.2) is 67.3 Å². The fraction of sp³-hybridized carbons (Fsp3) is 0.0952. The average molecular weight is 371 g/mol. The summed E-state index contributed by atoms with van der Waals surface area (Å²) in [4.78, 5) is 29.7. The Hall–Kier alpha value is -3.87. The molecule has 3 aromatic heterocycles. The minimum atomic E-state index is -0.238. The summed E-state index contributed by atoms with van der Waals surface area (Å²) in [6.45, 7) is 2.17. The van der Waals surface area contributed by atoms with Crippen LogP contribution >= 0.6 is 0 Å². The van der Waals surface area contributed by atoms with Crippen LogP contribution < -0.4 is 10.1 Å². The number of benzene rings is 1. The third-order valence-electron chi connectivity index (χ3n) is 4.13. The Morgan fingerprint density at radius 2 is 1.86 bits per heavy atom. The quantitative estimate of drug-likeness (QED) is 0.578. The molecule has 0 aliphatic rings. The van der Waals surface area contributed by atoms with Gasteiger partial charge in [0.2, 0.25) is 5.88 Å². The summed E-state index contributed by atoms with van der Waals surface area (Å²) in [5.41, 5.74) is 3.37. The SMILES string of the molecule is Cc1ccc(Oc2ncccc2CNC(=O)c2cccc3nccnc23)cn1. The van der Waals surface area contributed by atoms with Gasteiger partial charge in [-0.25, -0.2) is 4.98 Å². The van der Waals surface area contributed by atoms with Gasteiger partial charge in [-0.3, -0.25) is 19.7 Å². The molecule has 7 nitrogen and oxygen atoms in total. The van der Waals surface area contributed by atoms with Crippen molar-refractivity contribution in [3.8, 4) is 11.6 Å². The van der Waals surface area contributed by atoms with Crippen LogP contribution in [0.5, 0.6) is 11.6 Å². The van der Waals surface area contributed by atoms with Gasteiger partial charge in [0.05, 0.1) is 17.3 Å². The number of aryl methyl sites for hydroxylation is 1. The van der Waals surface area contributed by atoms with Crippen LogP contribution in [0.1, 0.15) is 21.6 Å². The van der Waals surface area contributed by atoms with Crippen molar-refractivity contribution in [1.82, 2.24) is 25.3 Å². The lowest BCUT2D eigenvalue weighted by Gasteiger charge is -2.11. The topological polar surface area (TPSA) is 89.9 Å². The van der Waals surface area contributed by atoms with E-state index in [1.54, 1.807) is 43.0 Å². The first-order valence-corrected chi connectivity index (χ1v) is 8.73. The van der Waals surface area contributed by atoms with E-state index in [1.165, 1.54) is 0 Å². The van der Waals surface area contributed by atoms with Gasteiger partial charge in [-0.2, -0.15) is 0 Å². The molecule has 7 heteroatoms. The second-order valence-electron chi connectivity index (χ2n) is 6.12. The number of carbonyl (C=O) groups excluding carboxylic acids is 1. The van der Waals surface area contributed by atoms with Crippen LogP contribution in [-0.4, -0.2) is 25.8 Å². The number of rotatable bonds is 5. The van der Waals surface area contributed by atoms with Crippen LogP contribution in [0.2, 0.25) is 0 Å². The number of hydrogen-bond acceptors (Lipinski definition) is 6. The molecule has 0 spiro atoms. The van der Waals surface area contributed by atoms with Crippen molar-refractivity contribution in [2.24, 2.45) is 0 Å². The van der Waals surface area contributed by atoms with Crippen molar-refractivity contribution < 1.29 is 9.53 Å². The van der Waals surface area contributed by atoms with Crippen LogP contribution in [0.4, 0.5) is 0 Å². The minimum absolute atomic E-state index is 0.238. The molecule has 0 unspecified atom stereocenters. The summed E-state index contributed by atoms with van der Waals surface area (Å²) in [7, 11) is 0. The summed E-state index contributed by atoms with van der Waals surface area (Å²) in [6, 6.07) is 12.7. The van der Waals surface area contributed by atoms with Gasteiger partial charge in [0, 0.05) is 36.4 Å². The van der Waals surface area contributed by atoms with Crippen LogP contribution in [0.3, 0.4) is 0 Å². The molecule has 3 heterocycles. The van der Waals surface area contributed by atoms with Crippen LogP contribution in [0, 0.1) is 6.92 Å². The van der Waals surface area contributed by atoms with Crippen LogP contribution in [-0.2, 0) is 6.54 Å². The molecule has 0 radical (unpaired) electrons. The molecule has 0 fully saturated rings. The maximum absolute atomic E-state index is 12.7. The van der Waals surface area contributed by atoms with Crippen molar-refractivity contribution in [1.29, 1.82) is 0 Å². The van der Waals surface area contributed by atoms with Gasteiger partial charge in [0.1, 0.15) is 11.3 Å². The molecule has 0 aliphatic carbocycles. The number of aromatic nitrogens is 4. The highest BCUT2D eigenvalue weighted by Gasteiger charge is 2.13. The Kier molecular flexibility index (Phi) is 4.88. The number of amides is 1. The fourth-order valence-corrected chi connectivity index (χ4v) is 2.72. The van der Waals surface area contributed by atoms with E-state index >= 15 is 0 Å². The first kappa shape index (κ1) is 17.5. The highest BCUT2D eigenvalue weighted by molar-refractivity contribution is 6.04. The van der Waals surface area contributed by atoms with Gasteiger partial charge in [0.25, 0.3) is 5.91 Å². The Morgan fingerprint density at radius 1 is 0.964 bits per heavy atom. The first-order chi connectivity index (χ1) is 13.7. The van der Waals surface area contributed by atoms with Gasteiger partial charge in [-0.15, -0.1) is 0 Å². The summed E-state index contributed by atoms with van der Waals surface area (Å²) >= 11 is 0. The molecule has 0 saturated heterocycles. The molecule has 0 aliphatic heterocycles. The molecule has 28 heavy (non-hydrogen) atoms. The zero-order chi connectivity index (χ0) is 19.3. The Labute approximate surface area is 161 Å². The summed E-state index contributed by atoms with van der Waals surface area (Å²) in [5, 5.41) is 2.90. The molecule has 4 aromatic rings. The molecule has 1 amide bonds. The van der Waals surface area contributed by atoms with Crippen molar-refractivity contribution >= 4 is 16.9 Å². The van der Waals surface area contributed by atoms with E-state index in [0.717, 1.165) is 11.3 Å². The lowest BCUT2D eigenvalue weighted by atomic mass is 10.1. The second-order valence-corrected chi connectivity index (χ2v) is 6.12. The van der Waals surface area contributed by atoms with E-state index in [-0.39, 0.29) is 12.5 Å². The maximum atomic E-state index is 12.7. The zero-order valence-electron chi connectivity index (χ0n) is 15.2. The fourth-order valence-electron chi connectivity index (χ4n) is 2.72. The van der Waals surface area contributed by atoms with Gasteiger partial charge in [-0.05, 0) is 37.3 Å². The highest BCUT2D eigenvalue weighted by Crippen LogP contribution is 2.22. The van der Waals surface area contributed by atoms with E-state index in [1.807, 2.05) is 31.2 Å². The Balaban J connectivity index is 1.52. The molecule has 138 valence electrons. The first-order valence-electron chi connectivity index (χ1n) is 8.73. The molecular formula is C21H17N5O2. The molecule has 1 N–H and O–H groups in total. The van der Waals surface area contributed by atoms with Gasteiger partial charge >= 0.3 is 0 Å². The lowest BCUT2D eigenvalue weighted by Crippen LogP contribution is -2.23. The van der Waals surface area contributed by atoms with Gasteiger partial charge < -0.3 is 10.1 Å². The Morgan fingerprint density at radius 3 is 2.71 bits per heavy atom. The molecule has 4 rings (SSSR count). The van der Waals surface area contributed by atoms with E-state index in [9.17, 15) is 4.79 Å². The van der Waals surface area contributed by atoms with Crippen molar-refractivity contribution in [3.05, 3.63) is 84.1 Å². The number of para-hydroxylation sites is 1. The van der Waals surface area contributed by atoms with Crippen molar-refractivity contribution in [2.45, 2.75) is 13.5 Å². The molecule has 0 atom stereocenters. The van der Waals surface area contributed by atoms with E-state index < -0.39 is 0 Å². The number of nitrogens with one attached hydrogen (secondary N) is 1. The summed E-state index contributed by atoms with van der Waals surface area (Å²) in [5.74, 6) is 0.769. The smallest absolute Gasteiger partial charge is 0.253 e. The highest BCUT2D eigenvalue weighted by atomic mass is 16.5. The van der Waals surface area contributed by atoms with E-state index in [2.05, 4.69) is 25.3 Å². The third-order valence-corrected chi connectivity index (χ3v) is 4.13. The minimum Gasteiger partial charge on any atom is -0.437 e. The average Bonchev–Trinajstić information content (AvgIpc) is 2.74. The van der Waals surface area contributed by atoms with Crippen molar-refractivity contribution in [3.63, 3.8) is 0 Å². The number of ether oxygens (including phenoxy) is 1. The normalized spacial score (nSPS) is 10.6. The summed E-state index contributed by atoms with van der Waals surface area (Å²) < 4.78 is 5.83. The number of nitrogens with zero attached hydrogens (tertiary/aromatic N) is 4. The number of fused-ring (bicyclic) bond motifs is 1. The Bertz CT molecular complexity index is 1120. The predicted molar refractivity (Wildman–Crippen MR) is 104 cm³/mol. The molecule has 1 aromatic carbocycles. The number of pyridine rings is 2. The van der Waals surface area contributed by atoms with Gasteiger partial charge in [0.15, 0.2) is 0 Å². The molecule has 0 bridgehead atoms. The van der Waals surface area contributed by atoms with Gasteiger partial charge in [-0.1, -0.05) is 12.1 Å².